The van der Waals surface area contributed by atoms with Crippen molar-refractivity contribution in [1.82, 2.24) is 0 Å². The Kier molecular flexibility index (Phi) is 5.41. The quantitative estimate of drug-likeness (QED) is 0.781. The van der Waals surface area contributed by atoms with Crippen LogP contribution in [0.3, 0.4) is 0 Å². The summed E-state index contributed by atoms with van der Waals surface area (Å²) in [5, 5.41) is 13.0. The van der Waals surface area contributed by atoms with E-state index in [0.29, 0.717) is 22.0 Å². The Morgan fingerprint density at radius 1 is 1.19 bits per heavy atom. The predicted octanol–water partition coefficient (Wildman–Crippen LogP) is 4.71. The highest BCUT2D eigenvalue weighted by Gasteiger charge is 2.36. The summed E-state index contributed by atoms with van der Waals surface area (Å²) in [4.78, 5) is 13.0. The number of hydrogen-bond donors (Lipinski definition) is 2. The van der Waals surface area contributed by atoms with Crippen LogP contribution in [0.2, 0.25) is 10.0 Å². The van der Waals surface area contributed by atoms with Crippen molar-refractivity contribution in [3.63, 3.8) is 0 Å². The number of nitrogens with zero attached hydrogens (tertiary/aromatic N) is 1. The van der Waals surface area contributed by atoms with Crippen LogP contribution in [-0.4, -0.2) is 5.91 Å². The minimum Gasteiger partial charge on any atom is -0.445 e. The molecule has 0 spiro atoms. The maximum absolute atomic E-state index is 13.0. The van der Waals surface area contributed by atoms with Crippen LogP contribution in [0.5, 0.6) is 0 Å². The minimum atomic E-state index is -0.793. The second-order valence-corrected chi connectivity index (χ2v) is 6.64. The number of hydrogen-bond acceptors (Lipinski definition) is 4. The van der Waals surface area contributed by atoms with E-state index >= 15 is 0 Å². The third-order valence-corrected chi connectivity index (χ3v) is 5.01. The van der Waals surface area contributed by atoms with Crippen molar-refractivity contribution in [1.29, 1.82) is 5.26 Å². The Hall–Kier alpha value is -2.94. The Bertz CT molecular complexity index is 1010. The maximum Gasteiger partial charge on any atom is 0.255 e. The molecule has 0 saturated heterocycles. The highest BCUT2D eigenvalue weighted by Crippen LogP contribution is 2.43. The third-order valence-electron chi connectivity index (χ3n) is 4.17. The molecule has 136 valence electrons. The number of anilines is 1. The monoisotopic (exact) mass is 399 g/mol. The van der Waals surface area contributed by atoms with E-state index in [1.54, 1.807) is 49.4 Å². The van der Waals surface area contributed by atoms with Gasteiger partial charge >= 0.3 is 0 Å². The van der Waals surface area contributed by atoms with Crippen molar-refractivity contribution in [2.75, 3.05) is 5.32 Å². The fourth-order valence-electron chi connectivity index (χ4n) is 2.95. The smallest absolute Gasteiger partial charge is 0.255 e. The number of ether oxygens (including phenoxy) is 1. The summed E-state index contributed by atoms with van der Waals surface area (Å²) < 4.78 is 5.46. The van der Waals surface area contributed by atoms with Gasteiger partial charge in [-0.15, -0.1) is 0 Å². The molecule has 1 atom stereocenters. The first kappa shape index (κ1) is 18.8. The molecule has 0 bridgehead atoms. The van der Waals surface area contributed by atoms with Crippen molar-refractivity contribution in [3.05, 3.63) is 86.9 Å². The molecular weight excluding hydrogens is 385 g/mol. The van der Waals surface area contributed by atoms with Gasteiger partial charge in [0, 0.05) is 5.69 Å². The SMILES string of the molecule is CC1=C(C(=O)Nc2ccccc2)[C@H](c2cccc(Cl)c2Cl)C(C#N)=C(N)O1. The van der Waals surface area contributed by atoms with E-state index in [9.17, 15) is 10.1 Å². The summed E-state index contributed by atoms with van der Waals surface area (Å²) in [6.07, 6.45) is 0. The van der Waals surface area contributed by atoms with Gasteiger partial charge in [-0.1, -0.05) is 53.5 Å². The fourth-order valence-corrected chi connectivity index (χ4v) is 3.37. The van der Waals surface area contributed by atoms with Crippen LogP contribution >= 0.6 is 23.2 Å². The van der Waals surface area contributed by atoms with E-state index < -0.39 is 11.8 Å². The lowest BCUT2D eigenvalue weighted by Crippen LogP contribution is -2.28. The molecule has 0 saturated carbocycles. The summed E-state index contributed by atoms with van der Waals surface area (Å²) in [5.74, 6) is -0.980. The average Bonchev–Trinajstić information content (AvgIpc) is 2.64. The highest BCUT2D eigenvalue weighted by atomic mass is 35.5. The molecule has 3 rings (SSSR count). The number of para-hydroxylation sites is 1. The second-order valence-electron chi connectivity index (χ2n) is 5.86. The molecule has 0 radical (unpaired) electrons. The Morgan fingerprint density at radius 2 is 1.89 bits per heavy atom. The largest absolute Gasteiger partial charge is 0.445 e. The first-order valence-electron chi connectivity index (χ1n) is 8.02. The van der Waals surface area contributed by atoms with Crippen molar-refractivity contribution < 1.29 is 9.53 Å². The van der Waals surface area contributed by atoms with Crippen LogP contribution < -0.4 is 11.1 Å². The van der Waals surface area contributed by atoms with E-state index in [2.05, 4.69) is 5.32 Å². The van der Waals surface area contributed by atoms with Gasteiger partial charge in [-0.05, 0) is 30.7 Å². The molecule has 7 heteroatoms. The zero-order valence-electron chi connectivity index (χ0n) is 14.3. The molecule has 0 unspecified atom stereocenters. The molecule has 1 heterocycles. The van der Waals surface area contributed by atoms with E-state index in [1.807, 2.05) is 12.1 Å². The van der Waals surface area contributed by atoms with Gasteiger partial charge in [-0.25, -0.2) is 0 Å². The van der Waals surface area contributed by atoms with Gasteiger partial charge in [-0.2, -0.15) is 5.26 Å². The number of amides is 1. The highest BCUT2D eigenvalue weighted by molar-refractivity contribution is 6.42. The van der Waals surface area contributed by atoms with Crippen molar-refractivity contribution >= 4 is 34.8 Å². The standard InChI is InChI=1S/C20H15Cl2N3O2/c1-11-16(20(26)25-12-6-3-2-4-7-12)17(14(10-23)19(24)27-11)13-8-5-9-15(21)18(13)22/h2-9,17H,24H2,1H3,(H,25,26)/t17-/m1/s1. The first-order valence-corrected chi connectivity index (χ1v) is 8.78. The van der Waals surface area contributed by atoms with Gasteiger partial charge in [0.15, 0.2) is 0 Å². The zero-order valence-corrected chi connectivity index (χ0v) is 15.8. The molecular formula is C20H15Cl2N3O2. The second kappa shape index (κ2) is 7.75. The molecule has 1 aliphatic heterocycles. The molecule has 27 heavy (non-hydrogen) atoms. The number of nitriles is 1. The van der Waals surface area contributed by atoms with Crippen molar-refractivity contribution in [3.8, 4) is 6.07 Å². The van der Waals surface area contributed by atoms with Gasteiger partial charge in [-0.3, -0.25) is 4.79 Å². The molecule has 2 aromatic carbocycles. The number of rotatable bonds is 3. The topological polar surface area (TPSA) is 88.1 Å². The van der Waals surface area contributed by atoms with Crippen LogP contribution in [-0.2, 0) is 9.53 Å². The van der Waals surface area contributed by atoms with E-state index in [-0.39, 0.29) is 22.1 Å². The molecule has 1 aliphatic rings. The average molecular weight is 400 g/mol. The number of benzene rings is 2. The van der Waals surface area contributed by atoms with Crippen LogP contribution in [0.1, 0.15) is 18.4 Å². The number of nitrogens with one attached hydrogen (secondary N) is 1. The van der Waals surface area contributed by atoms with Crippen molar-refractivity contribution in [2.45, 2.75) is 12.8 Å². The lowest BCUT2D eigenvalue weighted by molar-refractivity contribution is -0.113. The lowest BCUT2D eigenvalue weighted by Gasteiger charge is -2.28. The number of carbonyl (C=O) groups excluding carboxylic acids is 1. The Labute approximate surface area is 166 Å². The van der Waals surface area contributed by atoms with Gasteiger partial charge < -0.3 is 15.8 Å². The Balaban J connectivity index is 2.12. The van der Waals surface area contributed by atoms with E-state index in [0.717, 1.165) is 0 Å². The third kappa shape index (κ3) is 3.63. The summed E-state index contributed by atoms with van der Waals surface area (Å²) in [5.41, 5.74) is 7.36. The van der Waals surface area contributed by atoms with Gasteiger partial charge in [0.1, 0.15) is 17.4 Å². The van der Waals surface area contributed by atoms with Crippen LogP contribution in [0.4, 0.5) is 5.69 Å². The molecule has 2 aromatic rings. The molecule has 1 amide bonds. The maximum atomic E-state index is 13.0. The zero-order chi connectivity index (χ0) is 19.6. The van der Waals surface area contributed by atoms with Gasteiger partial charge in [0.2, 0.25) is 5.88 Å². The molecule has 0 aromatic heterocycles. The van der Waals surface area contributed by atoms with Gasteiger partial charge in [0.25, 0.3) is 5.91 Å². The lowest BCUT2D eigenvalue weighted by atomic mass is 9.82. The predicted molar refractivity (Wildman–Crippen MR) is 105 cm³/mol. The van der Waals surface area contributed by atoms with Gasteiger partial charge in [0.05, 0.1) is 21.5 Å². The van der Waals surface area contributed by atoms with Crippen LogP contribution in [0, 0.1) is 11.3 Å². The van der Waals surface area contributed by atoms with Crippen LogP contribution in [0.25, 0.3) is 0 Å². The van der Waals surface area contributed by atoms with E-state index in [4.69, 9.17) is 33.7 Å². The summed E-state index contributed by atoms with van der Waals surface area (Å²) in [6.45, 7) is 1.62. The van der Waals surface area contributed by atoms with Crippen LogP contribution in [0.15, 0.2) is 71.3 Å². The number of halogens is 2. The summed E-state index contributed by atoms with van der Waals surface area (Å²) >= 11 is 12.5. The molecule has 0 fully saturated rings. The molecule has 0 aliphatic carbocycles. The fraction of sp³-hybridized carbons (Fsp3) is 0.100. The minimum absolute atomic E-state index is 0.0627. The normalized spacial score (nSPS) is 16.6. The molecule has 3 N–H and O–H groups in total. The van der Waals surface area contributed by atoms with Crippen molar-refractivity contribution in [2.24, 2.45) is 5.73 Å². The van der Waals surface area contributed by atoms with E-state index in [1.165, 1.54) is 0 Å². The summed E-state index contributed by atoms with van der Waals surface area (Å²) in [7, 11) is 0. The first-order chi connectivity index (χ1) is 12.9. The molecule has 5 nitrogen and oxygen atoms in total. The number of carbonyl (C=O) groups is 1. The summed E-state index contributed by atoms with van der Waals surface area (Å²) in [6, 6.07) is 16.0. The number of allylic oxidation sites excluding steroid dienone is 2. The number of nitrogens with two attached hydrogens (primary N) is 1. The Morgan fingerprint density at radius 3 is 2.56 bits per heavy atom.